The average molecular weight is 252 g/mol. The van der Waals surface area contributed by atoms with Crippen LogP contribution in [0.5, 0.6) is 0 Å². The van der Waals surface area contributed by atoms with Gasteiger partial charge in [-0.1, -0.05) is 0 Å². The molecule has 86 valence electrons. The normalized spacial score (nSPS) is 9.64. The number of hydrogen-bond acceptors (Lipinski definition) is 4. The average Bonchev–Trinajstić information content (AvgIpc) is 1.79. The molecule has 0 aromatic carbocycles. The molecule has 0 aliphatic rings. The summed E-state index contributed by atoms with van der Waals surface area (Å²) in [6, 6.07) is 0. The molecule has 0 rings (SSSR count). The third-order valence-corrected chi connectivity index (χ3v) is 0.129. The van der Waals surface area contributed by atoms with E-state index in [-0.39, 0.29) is 0 Å². The van der Waals surface area contributed by atoms with Gasteiger partial charge in [0.2, 0.25) is 0 Å². The zero-order valence-corrected chi connectivity index (χ0v) is 8.67. The lowest BCUT2D eigenvalue weighted by Crippen LogP contribution is -1.94. The van der Waals surface area contributed by atoms with Crippen LogP contribution in [0, 0.1) is 5.53 Å². The Balaban J connectivity index is -0.000000131. The van der Waals surface area contributed by atoms with E-state index in [0.29, 0.717) is 0 Å². The Bertz CT molecular complexity index is 222. The first kappa shape index (κ1) is 19.2. The number of nitrogens with one attached hydrogen (secondary N) is 1. The first-order chi connectivity index (χ1) is 5.91. The Morgan fingerprint density at radius 2 is 1.29 bits per heavy atom. The van der Waals surface area contributed by atoms with Crippen molar-refractivity contribution in [1.82, 2.24) is 0 Å². The molecule has 0 bridgehead atoms. The van der Waals surface area contributed by atoms with Gasteiger partial charge in [-0.3, -0.25) is 4.57 Å². The maximum absolute atomic E-state index is 8.88. The highest BCUT2D eigenvalue weighted by Gasteiger charge is 2.00. The first-order valence-corrected chi connectivity index (χ1v) is 5.70. The van der Waals surface area contributed by atoms with Gasteiger partial charge < -0.3 is 29.4 Å². The summed E-state index contributed by atoms with van der Waals surface area (Å²) in [6.45, 7) is 1.70. The second kappa shape index (κ2) is 9.17. The lowest BCUT2D eigenvalue weighted by Gasteiger charge is -2.01. The SMILES string of the molecule is CC=[N+]=N.O=P(O)(O)O.O=P([O-])(O)O. The molecule has 0 fully saturated rings. The van der Waals surface area contributed by atoms with E-state index >= 15 is 0 Å². The van der Waals surface area contributed by atoms with Crippen molar-refractivity contribution in [1.29, 1.82) is 5.53 Å². The van der Waals surface area contributed by atoms with E-state index in [1.54, 1.807) is 6.92 Å². The van der Waals surface area contributed by atoms with Crippen molar-refractivity contribution >= 4 is 21.9 Å². The van der Waals surface area contributed by atoms with Crippen LogP contribution < -0.4 is 4.89 Å². The highest BCUT2D eigenvalue weighted by Crippen LogP contribution is 2.25. The van der Waals surface area contributed by atoms with Crippen LogP contribution in [0.2, 0.25) is 0 Å². The van der Waals surface area contributed by atoms with Gasteiger partial charge in [-0.05, 0) is 0 Å². The molecular formula is C2H10N2O8P2. The fraction of sp³-hybridized carbons (Fsp3) is 0.500. The summed E-state index contributed by atoms with van der Waals surface area (Å²) in [5, 5.41) is 0. The molecule has 0 aromatic heterocycles. The molecule has 0 saturated heterocycles. The van der Waals surface area contributed by atoms with Crippen LogP contribution in [0.3, 0.4) is 0 Å². The highest BCUT2D eigenvalue weighted by molar-refractivity contribution is 7.45. The fourth-order valence-electron chi connectivity index (χ4n) is 0. The van der Waals surface area contributed by atoms with Gasteiger partial charge in [0.05, 0.1) is 5.53 Å². The van der Waals surface area contributed by atoms with Gasteiger partial charge in [-0.25, -0.2) is 4.57 Å². The molecule has 0 unspecified atom stereocenters. The zero-order valence-electron chi connectivity index (χ0n) is 6.88. The molecule has 6 N–H and O–H groups in total. The molecule has 0 atom stereocenters. The van der Waals surface area contributed by atoms with Gasteiger partial charge in [0.1, 0.15) is 0 Å². The largest absolute Gasteiger partial charge is 0.756 e. The highest BCUT2D eigenvalue weighted by atomic mass is 31.2. The second-order valence-electron chi connectivity index (χ2n) is 1.39. The Morgan fingerprint density at radius 3 is 1.29 bits per heavy atom. The second-order valence-corrected chi connectivity index (χ2v) is 3.40. The fourth-order valence-corrected chi connectivity index (χ4v) is 0. The van der Waals surface area contributed by atoms with Crippen LogP contribution in [0.25, 0.3) is 0 Å². The summed E-state index contributed by atoms with van der Waals surface area (Å²) < 4.78 is 17.7. The molecule has 0 saturated carbocycles. The van der Waals surface area contributed by atoms with Crippen LogP contribution in [0.1, 0.15) is 6.92 Å². The van der Waals surface area contributed by atoms with E-state index in [1.807, 2.05) is 0 Å². The number of nitrogens with zero attached hydrogens (tertiary/aromatic N) is 1. The topological polar surface area (TPSA) is 196 Å². The minimum atomic E-state index is -4.89. The maximum atomic E-state index is 8.88. The number of phosphoric acid groups is 2. The van der Waals surface area contributed by atoms with E-state index in [0.717, 1.165) is 0 Å². The van der Waals surface area contributed by atoms with E-state index in [2.05, 4.69) is 4.79 Å². The Labute approximate surface area is 78.6 Å². The zero-order chi connectivity index (χ0) is 12.4. The molecule has 0 aliphatic heterocycles. The molecule has 0 aliphatic carbocycles. The lowest BCUT2D eigenvalue weighted by molar-refractivity contribution is -0.214. The van der Waals surface area contributed by atoms with Gasteiger partial charge in [0, 0.05) is 11.7 Å². The van der Waals surface area contributed by atoms with Crippen LogP contribution in [0.4, 0.5) is 0 Å². The number of rotatable bonds is 0. The van der Waals surface area contributed by atoms with Crippen LogP contribution in [-0.2, 0) is 9.13 Å². The van der Waals surface area contributed by atoms with Crippen LogP contribution in [-0.4, -0.2) is 35.5 Å². The molecule has 0 radical (unpaired) electrons. The van der Waals surface area contributed by atoms with Crippen molar-refractivity contribution in [3.8, 4) is 0 Å². The molecule has 0 amide bonds. The summed E-state index contributed by atoms with van der Waals surface area (Å²) in [5.41, 5.74) is 6.02. The molecule has 0 spiro atoms. The van der Waals surface area contributed by atoms with E-state index in [4.69, 9.17) is 44.0 Å². The van der Waals surface area contributed by atoms with Crippen molar-refractivity contribution in [2.45, 2.75) is 6.92 Å². The predicted molar refractivity (Wildman–Crippen MR) is 41.0 cm³/mol. The standard InChI is InChI=1S/C2H5N2.2H3O4P/c1-2-4-3;2*1-5(2,3)4/h2-3H,1H3;2*(H3,1,2,3,4)/q+1;;/p-1. The smallest absolute Gasteiger partial charge is 0.466 e. The van der Waals surface area contributed by atoms with E-state index < -0.39 is 15.6 Å². The monoisotopic (exact) mass is 252 g/mol. The Morgan fingerprint density at radius 1 is 1.21 bits per heavy atom. The molecule has 0 heterocycles. The van der Waals surface area contributed by atoms with Gasteiger partial charge in [-0.2, -0.15) is 0 Å². The van der Waals surface area contributed by atoms with Crippen molar-refractivity contribution < 1.29 is 43.3 Å². The minimum Gasteiger partial charge on any atom is -0.756 e. The van der Waals surface area contributed by atoms with E-state index in [1.165, 1.54) is 6.21 Å². The maximum Gasteiger partial charge on any atom is 0.466 e. The molecule has 10 nitrogen and oxygen atoms in total. The summed E-state index contributed by atoms with van der Waals surface area (Å²) in [6.07, 6.45) is 1.42. The van der Waals surface area contributed by atoms with Gasteiger partial charge >= 0.3 is 14.0 Å². The minimum absolute atomic E-state index is 1.42. The van der Waals surface area contributed by atoms with Crippen LogP contribution >= 0.6 is 15.6 Å². The molecule has 0 aromatic rings. The Kier molecular flexibility index (Phi) is 12.6. The third kappa shape index (κ3) is 3620. The summed E-state index contributed by atoms with van der Waals surface area (Å²) >= 11 is 0. The quantitative estimate of drug-likeness (QED) is 0.121. The van der Waals surface area contributed by atoms with Crippen LogP contribution in [0.15, 0.2) is 0 Å². The van der Waals surface area contributed by atoms with Crippen molar-refractivity contribution in [2.24, 2.45) is 0 Å². The van der Waals surface area contributed by atoms with Crippen molar-refractivity contribution in [3.05, 3.63) is 0 Å². The summed E-state index contributed by atoms with van der Waals surface area (Å²) in [5.74, 6) is 0. The van der Waals surface area contributed by atoms with Crippen molar-refractivity contribution in [2.75, 3.05) is 0 Å². The molecular weight excluding hydrogens is 242 g/mol. The summed E-state index contributed by atoms with van der Waals surface area (Å²) in [4.78, 5) is 47.3. The van der Waals surface area contributed by atoms with Crippen molar-refractivity contribution in [3.63, 3.8) is 0 Å². The predicted octanol–water partition coefficient (Wildman–Crippen LogP) is -2.17. The number of hydrogen-bond donors (Lipinski definition) is 6. The lowest BCUT2D eigenvalue weighted by atomic mass is 10.9. The molecule has 14 heavy (non-hydrogen) atoms. The van der Waals surface area contributed by atoms with Gasteiger partial charge in [-0.15, -0.1) is 0 Å². The Hall–Kier alpha value is -0.400. The van der Waals surface area contributed by atoms with Gasteiger partial charge in [0.15, 0.2) is 0 Å². The summed E-state index contributed by atoms with van der Waals surface area (Å²) in [7, 11) is -9.53. The van der Waals surface area contributed by atoms with Gasteiger partial charge in [0.25, 0.3) is 7.82 Å². The first-order valence-electron chi connectivity index (χ1n) is 2.61. The van der Waals surface area contributed by atoms with E-state index in [9.17, 15) is 0 Å². The molecule has 12 heteroatoms. The third-order valence-electron chi connectivity index (χ3n) is 0.129.